The van der Waals surface area contributed by atoms with E-state index in [0.29, 0.717) is 13.2 Å². The summed E-state index contributed by atoms with van der Waals surface area (Å²) < 4.78 is 7.13. The van der Waals surface area contributed by atoms with Gasteiger partial charge in [0.1, 0.15) is 0 Å². The Bertz CT molecular complexity index is 742. The van der Waals surface area contributed by atoms with Gasteiger partial charge in [-0.15, -0.1) is 0 Å². The lowest BCUT2D eigenvalue weighted by Gasteiger charge is -2.13. The fraction of sp³-hybridized carbons (Fsp3) is 0.474. The van der Waals surface area contributed by atoms with Crippen molar-refractivity contribution in [1.82, 2.24) is 20.4 Å². The van der Waals surface area contributed by atoms with Crippen LogP contribution in [0.25, 0.3) is 0 Å². The summed E-state index contributed by atoms with van der Waals surface area (Å²) in [6, 6.07) is 7.90. The minimum Gasteiger partial charge on any atom is -0.383 e. The van der Waals surface area contributed by atoms with E-state index in [9.17, 15) is 0 Å². The Labute approximate surface area is 160 Å². The summed E-state index contributed by atoms with van der Waals surface area (Å²) >= 11 is 6.20. The van der Waals surface area contributed by atoms with Crippen molar-refractivity contribution in [2.24, 2.45) is 4.99 Å². The van der Waals surface area contributed by atoms with Gasteiger partial charge in [-0.05, 0) is 31.9 Å². The van der Waals surface area contributed by atoms with Gasteiger partial charge in [0.05, 0.1) is 18.8 Å². The number of hydrogen-bond acceptors (Lipinski definition) is 3. The largest absolute Gasteiger partial charge is 0.383 e. The molecule has 0 fully saturated rings. The highest BCUT2D eigenvalue weighted by atomic mass is 35.5. The number of guanidine groups is 1. The van der Waals surface area contributed by atoms with Crippen LogP contribution in [-0.2, 0) is 24.2 Å². The van der Waals surface area contributed by atoms with Gasteiger partial charge in [-0.25, -0.2) is 0 Å². The van der Waals surface area contributed by atoms with E-state index in [1.54, 1.807) is 14.2 Å². The number of nitrogens with zero attached hydrogens (tertiary/aromatic N) is 3. The Hall–Kier alpha value is -2.05. The van der Waals surface area contributed by atoms with Gasteiger partial charge in [-0.1, -0.05) is 29.8 Å². The van der Waals surface area contributed by atoms with Gasteiger partial charge >= 0.3 is 0 Å². The van der Waals surface area contributed by atoms with Crippen molar-refractivity contribution in [1.29, 1.82) is 0 Å². The summed E-state index contributed by atoms with van der Waals surface area (Å²) in [5.41, 5.74) is 4.49. The van der Waals surface area contributed by atoms with Gasteiger partial charge < -0.3 is 15.4 Å². The zero-order valence-corrected chi connectivity index (χ0v) is 16.7. The molecule has 1 heterocycles. The lowest BCUT2D eigenvalue weighted by molar-refractivity contribution is 0.182. The molecule has 0 bridgehead atoms. The highest BCUT2D eigenvalue weighted by molar-refractivity contribution is 6.31. The van der Waals surface area contributed by atoms with Gasteiger partial charge in [0, 0.05) is 43.5 Å². The van der Waals surface area contributed by atoms with Crippen LogP contribution in [0.3, 0.4) is 0 Å². The number of halogens is 1. The monoisotopic (exact) mass is 377 g/mol. The Morgan fingerprint density at radius 2 is 2.04 bits per heavy atom. The molecule has 0 atom stereocenters. The van der Waals surface area contributed by atoms with Gasteiger partial charge in [-0.2, -0.15) is 5.10 Å². The molecule has 2 rings (SSSR count). The zero-order valence-electron chi connectivity index (χ0n) is 16.0. The van der Waals surface area contributed by atoms with E-state index in [0.717, 1.165) is 47.4 Å². The second-order valence-corrected chi connectivity index (χ2v) is 6.47. The second-order valence-electron chi connectivity index (χ2n) is 6.06. The number of aryl methyl sites for hydroxylation is 1. The van der Waals surface area contributed by atoms with Crippen molar-refractivity contribution in [3.63, 3.8) is 0 Å². The molecule has 2 aromatic rings. The number of nitrogens with one attached hydrogen (secondary N) is 2. The van der Waals surface area contributed by atoms with E-state index in [2.05, 4.69) is 27.6 Å². The number of aromatic nitrogens is 2. The molecule has 6 nitrogen and oxygen atoms in total. The smallest absolute Gasteiger partial charge is 0.191 e. The number of aliphatic imine (C=N–C) groups is 1. The molecular formula is C19H28ClN5O. The van der Waals surface area contributed by atoms with Crippen LogP contribution in [0.15, 0.2) is 29.3 Å². The van der Waals surface area contributed by atoms with Crippen molar-refractivity contribution in [2.45, 2.75) is 33.4 Å². The first-order valence-corrected chi connectivity index (χ1v) is 9.14. The molecule has 0 amide bonds. The summed E-state index contributed by atoms with van der Waals surface area (Å²) in [4.78, 5) is 4.29. The van der Waals surface area contributed by atoms with Crippen LogP contribution in [-0.4, -0.2) is 43.0 Å². The van der Waals surface area contributed by atoms with Crippen molar-refractivity contribution in [3.05, 3.63) is 51.8 Å². The third kappa shape index (κ3) is 5.47. The number of benzene rings is 1. The normalized spacial score (nSPS) is 11.7. The summed E-state index contributed by atoms with van der Waals surface area (Å²) in [5.74, 6) is 0.764. The lowest BCUT2D eigenvalue weighted by atomic mass is 10.1. The van der Waals surface area contributed by atoms with Gasteiger partial charge in [0.15, 0.2) is 5.96 Å². The summed E-state index contributed by atoms with van der Waals surface area (Å²) in [5, 5.41) is 12.1. The van der Waals surface area contributed by atoms with Gasteiger partial charge in [0.25, 0.3) is 0 Å². The molecule has 142 valence electrons. The van der Waals surface area contributed by atoms with Crippen LogP contribution in [0.5, 0.6) is 0 Å². The molecule has 0 aliphatic rings. The molecule has 2 N–H and O–H groups in total. The lowest BCUT2D eigenvalue weighted by Crippen LogP contribution is -2.38. The maximum atomic E-state index is 6.20. The number of hydrogen-bond donors (Lipinski definition) is 2. The molecule has 0 spiro atoms. The van der Waals surface area contributed by atoms with Crippen LogP contribution in [0, 0.1) is 13.8 Å². The SMILES string of the molecule is CN=C(NCCc1ccccc1Cl)NCc1c(C)nn(CCOC)c1C. The fourth-order valence-corrected chi connectivity index (χ4v) is 3.02. The Balaban J connectivity index is 1.87. The quantitative estimate of drug-likeness (QED) is 0.548. The molecular weight excluding hydrogens is 350 g/mol. The van der Waals surface area contributed by atoms with Crippen LogP contribution < -0.4 is 10.6 Å². The Morgan fingerprint density at radius 1 is 1.27 bits per heavy atom. The van der Waals surface area contributed by atoms with E-state index in [-0.39, 0.29) is 0 Å². The van der Waals surface area contributed by atoms with E-state index in [1.165, 1.54) is 5.56 Å². The van der Waals surface area contributed by atoms with Crippen LogP contribution in [0.2, 0.25) is 5.02 Å². The zero-order chi connectivity index (χ0) is 18.9. The van der Waals surface area contributed by atoms with Crippen LogP contribution >= 0.6 is 11.6 Å². The minimum atomic E-state index is 0.653. The first kappa shape index (κ1) is 20.3. The molecule has 0 saturated heterocycles. The molecule has 0 saturated carbocycles. The van der Waals surface area contributed by atoms with E-state index in [4.69, 9.17) is 16.3 Å². The van der Waals surface area contributed by atoms with Crippen LogP contribution in [0.4, 0.5) is 0 Å². The third-order valence-corrected chi connectivity index (χ3v) is 4.71. The first-order valence-electron chi connectivity index (χ1n) is 8.76. The number of methoxy groups -OCH3 is 1. The highest BCUT2D eigenvalue weighted by Gasteiger charge is 2.11. The van der Waals surface area contributed by atoms with E-state index in [1.807, 2.05) is 35.9 Å². The average Bonchev–Trinajstić information content (AvgIpc) is 2.91. The summed E-state index contributed by atoms with van der Waals surface area (Å²) in [6.45, 7) is 6.96. The minimum absolute atomic E-state index is 0.653. The Kier molecular flexibility index (Phi) is 7.94. The van der Waals surface area contributed by atoms with E-state index < -0.39 is 0 Å². The standard InChI is InChI=1S/C19H28ClN5O/c1-14-17(15(2)25(24-14)11-12-26-4)13-23-19(21-3)22-10-9-16-7-5-6-8-18(16)20/h5-8H,9-13H2,1-4H3,(H2,21,22,23). The molecule has 1 aromatic carbocycles. The maximum Gasteiger partial charge on any atom is 0.191 e. The van der Waals surface area contributed by atoms with E-state index >= 15 is 0 Å². The highest BCUT2D eigenvalue weighted by Crippen LogP contribution is 2.15. The molecule has 0 aliphatic carbocycles. The summed E-state index contributed by atoms with van der Waals surface area (Å²) in [7, 11) is 3.47. The summed E-state index contributed by atoms with van der Waals surface area (Å²) in [6.07, 6.45) is 0.841. The van der Waals surface area contributed by atoms with Crippen molar-refractivity contribution < 1.29 is 4.74 Å². The molecule has 0 unspecified atom stereocenters. The Morgan fingerprint density at radius 3 is 2.73 bits per heavy atom. The molecule has 7 heteroatoms. The topological polar surface area (TPSA) is 63.5 Å². The van der Waals surface area contributed by atoms with Gasteiger partial charge in [0.2, 0.25) is 0 Å². The average molecular weight is 378 g/mol. The maximum absolute atomic E-state index is 6.20. The molecule has 1 aromatic heterocycles. The number of rotatable bonds is 8. The molecule has 0 aliphatic heterocycles. The molecule has 26 heavy (non-hydrogen) atoms. The van der Waals surface area contributed by atoms with Crippen molar-refractivity contribution in [2.75, 3.05) is 27.3 Å². The van der Waals surface area contributed by atoms with Gasteiger partial charge in [-0.3, -0.25) is 9.67 Å². The first-order chi connectivity index (χ1) is 12.6. The number of ether oxygens (including phenoxy) is 1. The predicted octanol–water partition coefficient (Wildman–Crippen LogP) is 2.71. The third-order valence-electron chi connectivity index (χ3n) is 4.34. The van der Waals surface area contributed by atoms with Crippen LogP contribution in [0.1, 0.15) is 22.5 Å². The fourth-order valence-electron chi connectivity index (χ4n) is 2.79. The predicted molar refractivity (Wildman–Crippen MR) is 107 cm³/mol. The van der Waals surface area contributed by atoms with Crippen molar-refractivity contribution >= 4 is 17.6 Å². The second kappa shape index (κ2) is 10.2. The van der Waals surface area contributed by atoms with Crippen molar-refractivity contribution in [3.8, 4) is 0 Å². The molecule has 0 radical (unpaired) electrons.